The summed E-state index contributed by atoms with van der Waals surface area (Å²) in [6.07, 6.45) is 2.06. The predicted molar refractivity (Wildman–Crippen MR) is 86.7 cm³/mol. The van der Waals surface area contributed by atoms with Crippen molar-refractivity contribution in [3.63, 3.8) is 0 Å². The van der Waals surface area contributed by atoms with Gasteiger partial charge in [-0.25, -0.2) is 13.1 Å². The molecule has 0 aliphatic rings. The minimum Gasteiger partial charge on any atom is -0.469 e. The van der Waals surface area contributed by atoms with Crippen LogP contribution in [-0.4, -0.2) is 19.6 Å². The maximum Gasteiger partial charge on any atom is 0.250 e. The summed E-state index contributed by atoms with van der Waals surface area (Å²) in [6, 6.07) is 8.39. The van der Waals surface area contributed by atoms with Crippen LogP contribution in [0.4, 0.5) is 0 Å². The van der Waals surface area contributed by atoms with Crippen molar-refractivity contribution < 1.29 is 17.4 Å². The molecule has 3 rings (SSSR count). The van der Waals surface area contributed by atoms with Crippen molar-refractivity contribution in [2.75, 3.05) is 0 Å². The molecular formula is C15H16N2O4S2. The molecule has 122 valence electrons. The molecule has 8 heteroatoms. The standard InChI is InChI=1S/C15H16N2O4S2/c1-10-9-13(21-16-10)14-5-6-15(22-14)23(18,19)17-11(2)8-12-4-3-7-20-12/h3-7,9,11,17H,8H2,1-2H3. The van der Waals surface area contributed by atoms with E-state index in [4.69, 9.17) is 8.94 Å². The average Bonchev–Trinajstić information content (AvgIpc) is 3.17. The van der Waals surface area contributed by atoms with E-state index in [1.165, 1.54) is 0 Å². The summed E-state index contributed by atoms with van der Waals surface area (Å²) in [5.41, 5.74) is 0.753. The number of nitrogens with one attached hydrogen (secondary N) is 1. The van der Waals surface area contributed by atoms with Crippen LogP contribution in [0.1, 0.15) is 18.4 Å². The molecule has 0 aliphatic heterocycles. The molecular weight excluding hydrogens is 336 g/mol. The summed E-state index contributed by atoms with van der Waals surface area (Å²) >= 11 is 1.15. The smallest absolute Gasteiger partial charge is 0.250 e. The predicted octanol–water partition coefficient (Wildman–Crippen LogP) is 3.21. The first-order valence-corrected chi connectivity index (χ1v) is 9.32. The molecule has 1 N–H and O–H groups in total. The van der Waals surface area contributed by atoms with E-state index in [0.717, 1.165) is 27.7 Å². The molecule has 0 spiro atoms. The highest BCUT2D eigenvalue weighted by molar-refractivity contribution is 7.91. The van der Waals surface area contributed by atoms with Gasteiger partial charge in [-0.2, -0.15) is 0 Å². The Labute approximate surface area is 138 Å². The third-order valence-corrected chi connectivity index (χ3v) is 6.34. The van der Waals surface area contributed by atoms with Crippen molar-refractivity contribution in [2.45, 2.75) is 30.5 Å². The zero-order valence-corrected chi connectivity index (χ0v) is 14.3. The highest BCUT2D eigenvalue weighted by Gasteiger charge is 2.21. The van der Waals surface area contributed by atoms with Crippen LogP contribution in [0, 0.1) is 6.92 Å². The normalized spacial score (nSPS) is 13.3. The maximum absolute atomic E-state index is 12.4. The Bertz CT molecular complexity index is 878. The number of furan rings is 1. The molecule has 0 aliphatic carbocycles. The molecule has 3 heterocycles. The van der Waals surface area contributed by atoms with Crippen molar-refractivity contribution in [3.8, 4) is 10.6 Å². The lowest BCUT2D eigenvalue weighted by molar-refractivity contribution is 0.428. The summed E-state index contributed by atoms with van der Waals surface area (Å²) in [6.45, 7) is 3.62. The van der Waals surface area contributed by atoms with Gasteiger partial charge in [0.25, 0.3) is 0 Å². The summed E-state index contributed by atoms with van der Waals surface area (Å²) in [4.78, 5) is 0.727. The second-order valence-electron chi connectivity index (χ2n) is 5.26. The molecule has 0 aromatic carbocycles. The average molecular weight is 352 g/mol. The number of thiophene rings is 1. The number of hydrogen-bond acceptors (Lipinski definition) is 6. The van der Waals surface area contributed by atoms with Crippen molar-refractivity contribution in [2.24, 2.45) is 0 Å². The Kier molecular flexibility index (Phi) is 4.38. The van der Waals surface area contributed by atoms with Gasteiger partial charge >= 0.3 is 0 Å². The van der Waals surface area contributed by atoms with E-state index in [0.29, 0.717) is 12.2 Å². The number of aromatic nitrogens is 1. The zero-order chi connectivity index (χ0) is 16.4. The fourth-order valence-corrected chi connectivity index (χ4v) is 4.69. The second-order valence-corrected chi connectivity index (χ2v) is 8.28. The molecule has 0 saturated heterocycles. The van der Waals surface area contributed by atoms with Gasteiger partial charge in [0.15, 0.2) is 5.76 Å². The van der Waals surface area contributed by atoms with E-state index in [9.17, 15) is 8.42 Å². The summed E-state index contributed by atoms with van der Waals surface area (Å²) in [5.74, 6) is 1.31. The largest absolute Gasteiger partial charge is 0.469 e. The lowest BCUT2D eigenvalue weighted by Gasteiger charge is -2.11. The van der Waals surface area contributed by atoms with Crippen LogP contribution in [0.2, 0.25) is 0 Å². The van der Waals surface area contributed by atoms with Crippen LogP contribution >= 0.6 is 11.3 Å². The lowest BCUT2D eigenvalue weighted by Crippen LogP contribution is -2.33. The molecule has 0 radical (unpaired) electrons. The monoisotopic (exact) mass is 352 g/mol. The quantitative estimate of drug-likeness (QED) is 0.736. The molecule has 23 heavy (non-hydrogen) atoms. The van der Waals surface area contributed by atoms with Crippen LogP contribution in [0.5, 0.6) is 0 Å². The summed E-state index contributed by atoms with van der Waals surface area (Å²) < 4.78 is 38.2. The molecule has 1 unspecified atom stereocenters. The minimum absolute atomic E-state index is 0.243. The van der Waals surface area contributed by atoms with Crippen molar-refractivity contribution in [3.05, 3.63) is 48.0 Å². The maximum atomic E-state index is 12.4. The zero-order valence-electron chi connectivity index (χ0n) is 12.6. The molecule has 0 fully saturated rings. The Morgan fingerprint density at radius 2 is 2.17 bits per heavy atom. The number of hydrogen-bond donors (Lipinski definition) is 1. The molecule has 3 aromatic heterocycles. The van der Waals surface area contributed by atoms with Crippen LogP contribution in [0.3, 0.4) is 0 Å². The van der Waals surface area contributed by atoms with Crippen LogP contribution in [0.15, 0.2) is 49.7 Å². The third-order valence-electron chi connectivity index (χ3n) is 3.16. The number of aryl methyl sites for hydroxylation is 1. The molecule has 1 atom stereocenters. The topological polar surface area (TPSA) is 85.3 Å². The molecule has 6 nitrogen and oxygen atoms in total. The highest BCUT2D eigenvalue weighted by Crippen LogP contribution is 2.31. The first kappa shape index (κ1) is 16.0. The van der Waals surface area contributed by atoms with E-state index < -0.39 is 10.0 Å². The Morgan fingerprint density at radius 1 is 1.35 bits per heavy atom. The van der Waals surface area contributed by atoms with Gasteiger partial charge < -0.3 is 8.94 Å². The van der Waals surface area contributed by atoms with Gasteiger partial charge in [0.05, 0.1) is 16.8 Å². The molecule has 0 amide bonds. The number of sulfonamides is 1. The SMILES string of the molecule is Cc1cc(-c2ccc(S(=O)(=O)NC(C)Cc3ccco3)s2)on1. The van der Waals surface area contributed by atoms with Gasteiger partial charge in [-0.15, -0.1) is 11.3 Å². The molecule has 0 bridgehead atoms. The van der Waals surface area contributed by atoms with Gasteiger partial charge in [-0.05, 0) is 38.1 Å². The van der Waals surface area contributed by atoms with E-state index in [2.05, 4.69) is 9.88 Å². The molecule has 0 saturated carbocycles. The Morgan fingerprint density at radius 3 is 2.83 bits per heavy atom. The Hall–Kier alpha value is -1.90. The summed E-state index contributed by atoms with van der Waals surface area (Å²) in [7, 11) is -3.58. The Balaban J connectivity index is 1.73. The van der Waals surface area contributed by atoms with Crippen molar-refractivity contribution >= 4 is 21.4 Å². The van der Waals surface area contributed by atoms with Gasteiger partial charge in [-0.3, -0.25) is 0 Å². The first-order chi connectivity index (χ1) is 10.9. The number of nitrogens with zero attached hydrogens (tertiary/aromatic N) is 1. The lowest BCUT2D eigenvalue weighted by atomic mass is 10.2. The van der Waals surface area contributed by atoms with Crippen LogP contribution in [0.25, 0.3) is 10.6 Å². The van der Waals surface area contributed by atoms with E-state index >= 15 is 0 Å². The van der Waals surface area contributed by atoms with Crippen LogP contribution < -0.4 is 4.72 Å². The van der Waals surface area contributed by atoms with E-state index in [1.54, 1.807) is 37.5 Å². The van der Waals surface area contributed by atoms with Crippen molar-refractivity contribution in [1.82, 2.24) is 9.88 Å². The van der Waals surface area contributed by atoms with Gasteiger partial charge in [0, 0.05) is 18.5 Å². The first-order valence-electron chi connectivity index (χ1n) is 7.02. The van der Waals surface area contributed by atoms with Gasteiger partial charge in [-0.1, -0.05) is 5.16 Å². The second kappa shape index (κ2) is 6.31. The van der Waals surface area contributed by atoms with E-state index in [1.807, 2.05) is 13.0 Å². The highest BCUT2D eigenvalue weighted by atomic mass is 32.2. The molecule has 3 aromatic rings. The third kappa shape index (κ3) is 3.72. The number of rotatable bonds is 6. The van der Waals surface area contributed by atoms with Gasteiger partial charge in [0.2, 0.25) is 10.0 Å². The van der Waals surface area contributed by atoms with Gasteiger partial charge in [0.1, 0.15) is 9.97 Å². The minimum atomic E-state index is -3.58. The fraction of sp³-hybridized carbons (Fsp3) is 0.267. The van der Waals surface area contributed by atoms with E-state index in [-0.39, 0.29) is 10.3 Å². The van der Waals surface area contributed by atoms with Crippen LogP contribution in [-0.2, 0) is 16.4 Å². The summed E-state index contributed by atoms with van der Waals surface area (Å²) in [5, 5.41) is 3.81. The van der Waals surface area contributed by atoms with Crippen molar-refractivity contribution in [1.29, 1.82) is 0 Å². The fourth-order valence-electron chi connectivity index (χ4n) is 2.17.